The van der Waals surface area contributed by atoms with Crippen LogP contribution >= 0.6 is 0 Å². The van der Waals surface area contributed by atoms with Crippen LogP contribution in [-0.4, -0.2) is 30.6 Å². The minimum Gasteiger partial charge on any atom is -0.465 e. The summed E-state index contributed by atoms with van der Waals surface area (Å²) in [6, 6.07) is 12.4. The van der Waals surface area contributed by atoms with E-state index in [1.807, 2.05) is 13.0 Å². The molecule has 5 heteroatoms. The van der Waals surface area contributed by atoms with Crippen molar-refractivity contribution < 1.29 is 4.42 Å². The molecule has 0 spiro atoms. The number of benzene rings is 1. The molecule has 0 amide bonds. The van der Waals surface area contributed by atoms with E-state index in [2.05, 4.69) is 54.6 Å². The summed E-state index contributed by atoms with van der Waals surface area (Å²) in [6.45, 7) is 3.94. The molecule has 1 aliphatic carbocycles. The first-order chi connectivity index (χ1) is 15.1. The topological polar surface area (TPSA) is 54.2 Å². The third-order valence-corrected chi connectivity index (χ3v) is 6.56. The lowest BCUT2D eigenvalue weighted by Gasteiger charge is -2.28. The SMILES string of the molecule is Cc1ccc(CNCC2CCC(CCCc3nc(N(C)C)c4ccccc4n3)CC2)o1. The van der Waals surface area contributed by atoms with Gasteiger partial charge in [-0.1, -0.05) is 31.4 Å². The number of para-hydroxylation sites is 1. The molecule has 2 heterocycles. The fourth-order valence-electron chi connectivity index (χ4n) is 4.81. The van der Waals surface area contributed by atoms with Crippen LogP contribution in [-0.2, 0) is 13.0 Å². The van der Waals surface area contributed by atoms with E-state index >= 15 is 0 Å². The molecule has 0 bridgehead atoms. The van der Waals surface area contributed by atoms with Crippen molar-refractivity contribution in [1.82, 2.24) is 15.3 Å². The van der Waals surface area contributed by atoms with Crippen molar-refractivity contribution in [3.8, 4) is 0 Å². The highest BCUT2D eigenvalue weighted by Gasteiger charge is 2.21. The smallest absolute Gasteiger partial charge is 0.139 e. The molecule has 5 nitrogen and oxygen atoms in total. The number of aromatic nitrogens is 2. The van der Waals surface area contributed by atoms with Gasteiger partial charge in [-0.25, -0.2) is 9.97 Å². The average Bonchev–Trinajstić information content (AvgIpc) is 3.19. The zero-order valence-electron chi connectivity index (χ0n) is 19.2. The highest BCUT2D eigenvalue weighted by Crippen LogP contribution is 2.32. The van der Waals surface area contributed by atoms with Crippen LogP contribution in [0.3, 0.4) is 0 Å². The number of rotatable bonds is 9. The lowest BCUT2D eigenvalue weighted by atomic mass is 9.80. The highest BCUT2D eigenvalue weighted by molar-refractivity contribution is 5.89. The van der Waals surface area contributed by atoms with E-state index in [-0.39, 0.29) is 0 Å². The van der Waals surface area contributed by atoms with Gasteiger partial charge in [-0.05, 0) is 68.8 Å². The maximum absolute atomic E-state index is 5.64. The summed E-state index contributed by atoms with van der Waals surface area (Å²) < 4.78 is 5.64. The molecule has 31 heavy (non-hydrogen) atoms. The van der Waals surface area contributed by atoms with E-state index in [1.54, 1.807) is 0 Å². The summed E-state index contributed by atoms with van der Waals surface area (Å²) in [7, 11) is 4.11. The molecule has 1 aliphatic rings. The molecule has 4 rings (SSSR count). The molecule has 3 aromatic rings. The van der Waals surface area contributed by atoms with Crippen LogP contribution in [0.4, 0.5) is 5.82 Å². The Morgan fingerprint density at radius 1 is 1.00 bits per heavy atom. The predicted octanol–water partition coefficient (Wildman–Crippen LogP) is 5.52. The number of furan rings is 1. The second-order valence-corrected chi connectivity index (χ2v) is 9.30. The second kappa shape index (κ2) is 10.3. The van der Waals surface area contributed by atoms with Gasteiger partial charge >= 0.3 is 0 Å². The van der Waals surface area contributed by atoms with Crippen LogP contribution in [0, 0.1) is 18.8 Å². The number of nitrogens with zero attached hydrogens (tertiary/aromatic N) is 3. The minimum atomic E-state index is 0.804. The van der Waals surface area contributed by atoms with Crippen LogP contribution in [0.15, 0.2) is 40.8 Å². The minimum absolute atomic E-state index is 0.804. The molecule has 0 radical (unpaired) electrons. The van der Waals surface area contributed by atoms with Crippen LogP contribution in [0.25, 0.3) is 10.9 Å². The number of nitrogens with one attached hydrogen (secondary N) is 1. The Morgan fingerprint density at radius 2 is 1.77 bits per heavy atom. The molecule has 1 N–H and O–H groups in total. The molecule has 1 saturated carbocycles. The maximum atomic E-state index is 5.64. The predicted molar refractivity (Wildman–Crippen MR) is 127 cm³/mol. The molecule has 1 fully saturated rings. The summed E-state index contributed by atoms with van der Waals surface area (Å²) in [6.07, 6.45) is 8.82. The standard InChI is InChI=1S/C26H36N4O/c1-19-11-16-22(31-19)18-27-17-21-14-12-20(13-15-21)7-6-10-25-28-24-9-5-4-8-23(24)26(29-25)30(2)3/h4-5,8-9,11,16,20-21,27H,6-7,10,12-15,17-18H2,1-3H3. The van der Waals surface area contributed by atoms with Gasteiger partial charge in [-0.2, -0.15) is 0 Å². The summed E-state index contributed by atoms with van der Waals surface area (Å²) in [4.78, 5) is 11.8. The van der Waals surface area contributed by atoms with Gasteiger partial charge in [0.25, 0.3) is 0 Å². The zero-order valence-corrected chi connectivity index (χ0v) is 19.2. The summed E-state index contributed by atoms with van der Waals surface area (Å²) in [5.41, 5.74) is 1.05. The Bertz CT molecular complexity index is 972. The molecule has 0 aliphatic heterocycles. The summed E-state index contributed by atoms with van der Waals surface area (Å²) in [5.74, 6) is 5.70. The van der Waals surface area contributed by atoms with E-state index in [0.717, 1.165) is 65.4 Å². The fraction of sp³-hybridized carbons (Fsp3) is 0.538. The lowest BCUT2D eigenvalue weighted by molar-refractivity contribution is 0.252. The largest absolute Gasteiger partial charge is 0.465 e. The number of hydrogen-bond acceptors (Lipinski definition) is 5. The van der Waals surface area contributed by atoms with Gasteiger partial charge in [0.15, 0.2) is 0 Å². The van der Waals surface area contributed by atoms with E-state index < -0.39 is 0 Å². The monoisotopic (exact) mass is 420 g/mol. The van der Waals surface area contributed by atoms with Gasteiger partial charge < -0.3 is 14.6 Å². The van der Waals surface area contributed by atoms with Crippen LogP contribution < -0.4 is 10.2 Å². The van der Waals surface area contributed by atoms with Crippen molar-refractivity contribution in [2.45, 2.75) is 58.4 Å². The van der Waals surface area contributed by atoms with Crippen LogP contribution in [0.1, 0.15) is 55.9 Å². The Kier molecular flexibility index (Phi) is 7.23. The quantitative estimate of drug-likeness (QED) is 0.494. The van der Waals surface area contributed by atoms with E-state index in [9.17, 15) is 0 Å². The number of aryl methyl sites for hydroxylation is 2. The first kappa shape index (κ1) is 21.8. The molecular weight excluding hydrogens is 384 g/mol. The van der Waals surface area contributed by atoms with Crippen LogP contribution in [0.5, 0.6) is 0 Å². The molecule has 2 aromatic heterocycles. The van der Waals surface area contributed by atoms with Crippen molar-refractivity contribution in [2.75, 3.05) is 25.5 Å². The third-order valence-electron chi connectivity index (χ3n) is 6.56. The molecule has 166 valence electrons. The Labute approximate surface area is 186 Å². The van der Waals surface area contributed by atoms with Crippen molar-refractivity contribution >= 4 is 16.7 Å². The van der Waals surface area contributed by atoms with Gasteiger partial charge in [0.1, 0.15) is 23.2 Å². The maximum Gasteiger partial charge on any atom is 0.139 e. The molecule has 0 atom stereocenters. The van der Waals surface area contributed by atoms with Gasteiger partial charge in [0, 0.05) is 25.9 Å². The second-order valence-electron chi connectivity index (χ2n) is 9.30. The first-order valence-corrected chi connectivity index (χ1v) is 11.8. The summed E-state index contributed by atoms with van der Waals surface area (Å²) in [5, 5.41) is 4.71. The zero-order chi connectivity index (χ0) is 21.6. The Hall–Kier alpha value is -2.40. The first-order valence-electron chi connectivity index (χ1n) is 11.8. The number of fused-ring (bicyclic) bond motifs is 1. The van der Waals surface area contributed by atoms with E-state index in [1.165, 1.54) is 38.5 Å². The summed E-state index contributed by atoms with van der Waals surface area (Å²) >= 11 is 0. The van der Waals surface area contributed by atoms with Crippen molar-refractivity contribution in [2.24, 2.45) is 11.8 Å². The Balaban J connectivity index is 1.20. The van der Waals surface area contributed by atoms with Crippen molar-refractivity contribution in [3.05, 3.63) is 53.7 Å². The average molecular weight is 421 g/mol. The van der Waals surface area contributed by atoms with E-state index in [4.69, 9.17) is 14.4 Å². The molecule has 0 unspecified atom stereocenters. The molecule has 1 aromatic carbocycles. The normalized spacial score (nSPS) is 19.1. The molecule has 0 saturated heterocycles. The number of hydrogen-bond donors (Lipinski definition) is 1. The van der Waals surface area contributed by atoms with Crippen LogP contribution in [0.2, 0.25) is 0 Å². The third kappa shape index (κ3) is 5.85. The van der Waals surface area contributed by atoms with Gasteiger partial charge in [0.2, 0.25) is 0 Å². The lowest BCUT2D eigenvalue weighted by Crippen LogP contribution is -2.26. The number of anilines is 1. The van der Waals surface area contributed by atoms with Gasteiger partial charge in [0.05, 0.1) is 12.1 Å². The van der Waals surface area contributed by atoms with Gasteiger partial charge in [-0.15, -0.1) is 0 Å². The van der Waals surface area contributed by atoms with Gasteiger partial charge in [-0.3, -0.25) is 0 Å². The Morgan fingerprint density at radius 3 is 2.52 bits per heavy atom. The van der Waals surface area contributed by atoms with Crippen molar-refractivity contribution in [3.63, 3.8) is 0 Å². The molecular formula is C26H36N4O. The fourth-order valence-corrected chi connectivity index (χ4v) is 4.81. The van der Waals surface area contributed by atoms with E-state index in [0.29, 0.717) is 0 Å². The highest BCUT2D eigenvalue weighted by atomic mass is 16.3. The van der Waals surface area contributed by atoms with Crippen molar-refractivity contribution in [1.29, 1.82) is 0 Å².